The highest BCUT2D eigenvalue weighted by atomic mass is 16.5. The first-order chi connectivity index (χ1) is 11.0. The smallest absolute Gasteiger partial charge is 0.306 e. The van der Waals surface area contributed by atoms with Crippen LogP contribution >= 0.6 is 0 Å². The van der Waals surface area contributed by atoms with E-state index < -0.39 is 5.97 Å². The van der Waals surface area contributed by atoms with Crippen LogP contribution in [0.4, 0.5) is 0 Å². The lowest BCUT2D eigenvalue weighted by Crippen LogP contribution is -2.17. The van der Waals surface area contributed by atoms with Crippen molar-refractivity contribution in [3.05, 3.63) is 64.7 Å². The fourth-order valence-corrected chi connectivity index (χ4v) is 2.92. The van der Waals surface area contributed by atoms with Crippen LogP contribution in [0.3, 0.4) is 0 Å². The van der Waals surface area contributed by atoms with Crippen molar-refractivity contribution < 1.29 is 14.6 Å². The Kier molecular flexibility index (Phi) is 5.80. The van der Waals surface area contributed by atoms with Gasteiger partial charge in [0.15, 0.2) is 0 Å². The molecule has 1 unspecified atom stereocenters. The van der Waals surface area contributed by atoms with Gasteiger partial charge < -0.3 is 9.84 Å². The number of methoxy groups -OCH3 is 1. The number of hydrogen-bond acceptors (Lipinski definition) is 2. The molecule has 0 aliphatic rings. The number of aliphatic carboxylic acids is 1. The average Bonchev–Trinajstić information content (AvgIpc) is 2.50. The molecule has 122 valence electrons. The van der Waals surface area contributed by atoms with E-state index in [1.807, 2.05) is 38.1 Å². The van der Waals surface area contributed by atoms with Gasteiger partial charge in [-0.3, -0.25) is 4.79 Å². The second-order valence-electron chi connectivity index (χ2n) is 6.12. The first-order valence-electron chi connectivity index (χ1n) is 7.91. The zero-order valence-electron chi connectivity index (χ0n) is 14.0. The molecule has 0 aliphatic carbocycles. The van der Waals surface area contributed by atoms with Crippen LogP contribution in [0.5, 0.6) is 5.75 Å². The Morgan fingerprint density at radius 1 is 1.04 bits per heavy atom. The van der Waals surface area contributed by atoms with Crippen LogP contribution in [0.25, 0.3) is 0 Å². The number of hydrogen-bond donors (Lipinski definition) is 1. The first kappa shape index (κ1) is 17.1. The number of carboxylic acids is 1. The topological polar surface area (TPSA) is 46.5 Å². The van der Waals surface area contributed by atoms with Gasteiger partial charge in [0.05, 0.1) is 13.0 Å². The summed E-state index contributed by atoms with van der Waals surface area (Å²) in [6.45, 7) is 4.09. The first-order valence-corrected chi connectivity index (χ1v) is 7.91. The summed E-state index contributed by atoms with van der Waals surface area (Å²) < 4.78 is 5.14. The molecule has 0 aromatic heterocycles. The van der Waals surface area contributed by atoms with Crippen LogP contribution in [0.1, 0.15) is 28.7 Å². The predicted octanol–water partition coefficient (Wildman–Crippen LogP) is 4.19. The zero-order chi connectivity index (χ0) is 16.8. The van der Waals surface area contributed by atoms with Crippen LogP contribution in [-0.4, -0.2) is 18.2 Å². The third-order valence-corrected chi connectivity index (χ3v) is 4.05. The fraction of sp³-hybridized carbons (Fsp3) is 0.350. The van der Waals surface area contributed by atoms with Gasteiger partial charge in [-0.2, -0.15) is 0 Å². The summed E-state index contributed by atoms with van der Waals surface area (Å²) in [4.78, 5) is 11.6. The lowest BCUT2D eigenvalue weighted by atomic mass is 9.91. The molecular formula is C20H24O3. The van der Waals surface area contributed by atoms with Crippen LogP contribution < -0.4 is 4.74 Å². The Morgan fingerprint density at radius 3 is 2.17 bits per heavy atom. The Bertz CT molecular complexity index is 639. The van der Waals surface area contributed by atoms with Crippen molar-refractivity contribution in [2.24, 2.45) is 5.92 Å². The number of benzene rings is 2. The summed E-state index contributed by atoms with van der Waals surface area (Å²) in [5.74, 6) is -0.269. The molecule has 1 N–H and O–H groups in total. The molecule has 2 aromatic carbocycles. The van der Waals surface area contributed by atoms with Gasteiger partial charge in [0.25, 0.3) is 0 Å². The minimum atomic E-state index is -0.724. The molecule has 0 fully saturated rings. The Balaban J connectivity index is 2.02. The van der Waals surface area contributed by atoms with Gasteiger partial charge in [0, 0.05) is 0 Å². The van der Waals surface area contributed by atoms with E-state index in [4.69, 9.17) is 4.74 Å². The molecule has 0 amide bonds. The standard InChI is InChI=1S/C20H24O3/c1-14-10-15(2)12-17(11-14)13-18(20(21)22)7-4-16-5-8-19(23-3)9-6-16/h5-6,8-12,18H,4,7,13H2,1-3H3,(H,21,22). The summed E-state index contributed by atoms with van der Waals surface area (Å²) in [5, 5.41) is 9.51. The quantitative estimate of drug-likeness (QED) is 0.834. The summed E-state index contributed by atoms with van der Waals surface area (Å²) in [5.41, 5.74) is 4.60. The van der Waals surface area contributed by atoms with Crippen LogP contribution in [-0.2, 0) is 17.6 Å². The van der Waals surface area contributed by atoms with Gasteiger partial charge in [-0.25, -0.2) is 0 Å². The summed E-state index contributed by atoms with van der Waals surface area (Å²) in [6.07, 6.45) is 1.97. The van der Waals surface area contributed by atoms with Gasteiger partial charge in [-0.1, -0.05) is 41.5 Å². The van der Waals surface area contributed by atoms with Crippen LogP contribution in [0, 0.1) is 19.8 Å². The Morgan fingerprint density at radius 2 is 1.65 bits per heavy atom. The second kappa shape index (κ2) is 7.82. The molecule has 0 bridgehead atoms. The van der Waals surface area contributed by atoms with Crippen molar-refractivity contribution >= 4 is 5.97 Å². The van der Waals surface area contributed by atoms with Gasteiger partial charge >= 0.3 is 5.97 Å². The maximum absolute atomic E-state index is 11.6. The van der Waals surface area contributed by atoms with Crippen LogP contribution in [0.15, 0.2) is 42.5 Å². The second-order valence-corrected chi connectivity index (χ2v) is 6.12. The highest BCUT2D eigenvalue weighted by Gasteiger charge is 2.18. The molecule has 0 spiro atoms. The third-order valence-electron chi connectivity index (χ3n) is 4.05. The normalized spacial score (nSPS) is 12.0. The van der Waals surface area contributed by atoms with E-state index in [0.717, 1.165) is 23.3 Å². The van der Waals surface area contributed by atoms with Crippen molar-refractivity contribution in [1.82, 2.24) is 0 Å². The fourth-order valence-electron chi connectivity index (χ4n) is 2.92. The summed E-state index contributed by atoms with van der Waals surface area (Å²) in [6, 6.07) is 14.1. The SMILES string of the molecule is COc1ccc(CCC(Cc2cc(C)cc(C)c2)C(=O)O)cc1. The lowest BCUT2D eigenvalue weighted by molar-refractivity contribution is -0.141. The van der Waals surface area contributed by atoms with Crippen molar-refractivity contribution in [3.63, 3.8) is 0 Å². The molecule has 23 heavy (non-hydrogen) atoms. The van der Waals surface area contributed by atoms with E-state index in [9.17, 15) is 9.90 Å². The molecule has 0 saturated heterocycles. The van der Waals surface area contributed by atoms with E-state index in [1.54, 1.807) is 7.11 Å². The van der Waals surface area contributed by atoms with Crippen molar-refractivity contribution in [3.8, 4) is 5.75 Å². The largest absolute Gasteiger partial charge is 0.497 e. The summed E-state index contributed by atoms with van der Waals surface area (Å²) >= 11 is 0. The van der Waals surface area contributed by atoms with Gasteiger partial charge in [-0.05, 0) is 56.4 Å². The van der Waals surface area contributed by atoms with Gasteiger partial charge in [-0.15, -0.1) is 0 Å². The molecular weight excluding hydrogens is 288 g/mol. The van der Waals surface area contributed by atoms with Gasteiger partial charge in [0.2, 0.25) is 0 Å². The highest BCUT2D eigenvalue weighted by Crippen LogP contribution is 2.19. The van der Waals surface area contributed by atoms with E-state index in [2.05, 4.69) is 18.2 Å². The zero-order valence-corrected chi connectivity index (χ0v) is 14.0. The monoisotopic (exact) mass is 312 g/mol. The molecule has 2 rings (SSSR count). The Labute approximate surface area is 137 Å². The number of carboxylic acid groups (broad SMARTS) is 1. The molecule has 2 aromatic rings. The molecule has 0 saturated carbocycles. The van der Waals surface area contributed by atoms with E-state index >= 15 is 0 Å². The maximum Gasteiger partial charge on any atom is 0.306 e. The highest BCUT2D eigenvalue weighted by molar-refractivity contribution is 5.70. The maximum atomic E-state index is 11.6. The van der Waals surface area contributed by atoms with Crippen LogP contribution in [0.2, 0.25) is 0 Å². The van der Waals surface area contributed by atoms with Crippen molar-refractivity contribution in [2.45, 2.75) is 33.1 Å². The van der Waals surface area contributed by atoms with E-state index in [1.165, 1.54) is 11.1 Å². The Hall–Kier alpha value is -2.29. The lowest BCUT2D eigenvalue weighted by Gasteiger charge is -2.14. The molecule has 1 atom stereocenters. The minimum Gasteiger partial charge on any atom is -0.497 e. The predicted molar refractivity (Wildman–Crippen MR) is 92.1 cm³/mol. The number of ether oxygens (including phenoxy) is 1. The molecule has 0 radical (unpaired) electrons. The average molecular weight is 312 g/mol. The van der Waals surface area contributed by atoms with E-state index in [0.29, 0.717) is 12.8 Å². The molecule has 0 heterocycles. The number of rotatable bonds is 7. The third kappa shape index (κ3) is 5.13. The van der Waals surface area contributed by atoms with E-state index in [-0.39, 0.29) is 5.92 Å². The summed E-state index contributed by atoms with van der Waals surface area (Å²) in [7, 11) is 1.64. The van der Waals surface area contributed by atoms with Gasteiger partial charge in [0.1, 0.15) is 5.75 Å². The number of aryl methyl sites for hydroxylation is 3. The minimum absolute atomic E-state index is 0.363. The molecule has 0 aliphatic heterocycles. The van der Waals surface area contributed by atoms with Crippen molar-refractivity contribution in [2.75, 3.05) is 7.11 Å². The molecule has 3 heteroatoms. The molecule has 3 nitrogen and oxygen atoms in total. The number of carbonyl (C=O) groups is 1. The van der Waals surface area contributed by atoms with Crippen molar-refractivity contribution in [1.29, 1.82) is 0 Å².